The molecule has 114 valence electrons. The third-order valence-electron chi connectivity index (χ3n) is 3.15. The van der Waals surface area contributed by atoms with Gasteiger partial charge in [-0.2, -0.15) is 0 Å². The second-order valence-electron chi connectivity index (χ2n) is 4.48. The van der Waals surface area contributed by atoms with Crippen LogP contribution >= 0.6 is 11.8 Å². The molecule has 6 nitrogen and oxygen atoms in total. The van der Waals surface area contributed by atoms with Gasteiger partial charge in [0.1, 0.15) is 5.75 Å². The minimum atomic E-state index is -0.477. The summed E-state index contributed by atoms with van der Waals surface area (Å²) < 4.78 is 15.0. The number of carbonyl (C=O) groups is 1. The summed E-state index contributed by atoms with van der Waals surface area (Å²) in [6.07, 6.45) is 1.48. The van der Waals surface area contributed by atoms with Crippen LogP contribution in [0.2, 0.25) is 0 Å². The third-order valence-corrected chi connectivity index (χ3v) is 4.07. The summed E-state index contributed by atoms with van der Waals surface area (Å²) in [5, 5.41) is 0.764. The average Bonchev–Trinajstić information content (AvgIpc) is 3.17. The van der Waals surface area contributed by atoms with E-state index in [1.54, 1.807) is 13.2 Å². The van der Waals surface area contributed by atoms with E-state index in [0.29, 0.717) is 5.75 Å². The number of aromatic nitrogens is 2. The molecule has 0 unspecified atom stereocenters. The Labute approximate surface area is 130 Å². The zero-order chi connectivity index (χ0) is 15.5. The largest absolute Gasteiger partial charge is 0.497 e. The second-order valence-corrected chi connectivity index (χ2v) is 5.44. The van der Waals surface area contributed by atoms with E-state index in [1.165, 1.54) is 25.1 Å². The van der Waals surface area contributed by atoms with E-state index in [0.717, 1.165) is 27.5 Å². The fourth-order valence-electron chi connectivity index (χ4n) is 2.03. The Morgan fingerprint density at radius 1 is 1.36 bits per heavy atom. The molecule has 0 bridgehead atoms. The number of H-pyrrole nitrogens is 1. The molecule has 0 saturated heterocycles. The van der Waals surface area contributed by atoms with Gasteiger partial charge in [-0.3, -0.25) is 0 Å². The molecule has 0 radical (unpaired) electrons. The standard InChI is InChI=1S/C15H14N2O4S/c1-19-10-3-4-11-12(7-10)17-15(16-11)22-8-9-5-6-21-13(9)14(18)20-2/h3-7H,8H2,1-2H3,(H,16,17). The van der Waals surface area contributed by atoms with Crippen LogP contribution < -0.4 is 4.74 Å². The van der Waals surface area contributed by atoms with Crippen LogP contribution in [-0.2, 0) is 10.5 Å². The number of nitrogens with one attached hydrogen (secondary N) is 1. The number of benzene rings is 1. The molecule has 3 rings (SSSR count). The van der Waals surface area contributed by atoms with Crippen LogP contribution in [0, 0.1) is 0 Å². The highest BCUT2D eigenvalue weighted by atomic mass is 32.2. The zero-order valence-electron chi connectivity index (χ0n) is 12.1. The molecule has 0 amide bonds. The number of nitrogens with zero attached hydrogens (tertiary/aromatic N) is 1. The van der Waals surface area contributed by atoms with Crippen molar-refractivity contribution in [3.63, 3.8) is 0 Å². The van der Waals surface area contributed by atoms with E-state index >= 15 is 0 Å². The number of imidazole rings is 1. The van der Waals surface area contributed by atoms with Gasteiger partial charge in [0.25, 0.3) is 0 Å². The van der Waals surface area contributed by atoms with Crippen molar-refractivity contribution in [3.8, 4) is 5.75 Å². The van der Waals surface area contributed by atoms with Gasteiger partial charge in [0.05, 0.1) is 31.5 Å². The van der Waals surface area contributed by atoms with E-state index in [9.17, 15) is 4.79 Å². The minimum Gasteiger partial charge on any atom is -0.497 e. The molecular weight excluding hydrogens is 304 g/mol. The van der Waals surface area contributed by atoms with E-state index in [4.69, 9.17) is 9.15 Å². The number of carbonyl (C=O) groups excluding carboxylic acids is 1. The van der Waals surface area contributed by atoms with Crippen LogP contribution in [0.4, 0.5) is 0 Å². The summed E-state index contributed by atoms with van der Waals surface area (Å²) in [5.41, 5.74) is 2.54. The fourth-order valence-corrected chi connectivity index (χ4v) is 2.89. The monoisotopic (exact) mass is 318 g/mol. The summed E-state index contributed by atoms with van der Waals surface area (Å²) in [4.78, 5) is 19.3. The van der Waals surface area contributed by atoms with Crippen LogP contribution in [0.5, 0.6) is 5.75 Å². The lowest BCUT2D eigenvalue weighted by atomic mass is 10.3. The molecule has 2 aromatic heterocycles. The smallest absolute Gasteiger partial charge is 0.374 e. The first-order valence-electron chi connectivity index (χ1n) is 6.52. The number of furan rings is 1. The van der Waals surface area contributed by atoms with Crippen LogP contribution in [0.25, 0.3) is 11.0 Å². The molecule has 0 spiro atoms. The fraction of sp³-hybridized carbons (Fsp3) is 0.200. The van der Waals surface area contributed by atoms with Crippen LogP contribution in [-0.4, -0.2) is 30.2 Å². The van der Waals surface area contributed by atoms with Gasteiger partial charge >= 0.3 is 5.97 Å². The first kappa shape index (κ1) is 14.5. The highest BCUT2D eigenvalue weighted by Crippen LogP contribution is 2.27. The van der Waals surface area contributed by atoms with Gasteiger partial charge in [0, 0.05) is 17.4 Å². The predicted molar refractivity (Wildman–Crippen MR) is 82.3 cm³/mol. The molecule has 7 heteroatoms. The lowest BCUT2D eigenvalue weighted by molar-refractivity contribution is 0.0564. The van der Waals surface area contributed by atoms with Gasteiger partial charge in [-0.05, 0) is 18.2 Å². The number of ether oxygens (including phenoxy) is 2. The van der Waals surface area contributed by atoms with E-state index in [2.05, 4.69) is 14.7 Å². The zero-order valence-corrected chi connectivity index (χ0v) is 12.9. The molecule has 0 atom stereocenters. The second kappa shape index (κ2) is 6.15. The summed E-state index contributed by atoms with van der Waals surface area (Å²) in [6, 6.07) is 7.41. The number of esters is 1. The molecule has 0 fully saturated rings. The average molecular weight is 318 g/mol. The minimum absolute atomic E-state index is 0.229. The number of rotatable bonds is 5. The predicted octanol–water partition coefficient (Wildman–Crippen LogP) is 3.24. The lowest BCUT2D eigenvalue weighted by Gasteiger charge is -1.99. The topological polar surface area (TPSA) is 77.3 Å². The third kappa shape index (κ3) is 2.80. The number of thioether (sulfide) groups is 1. The summed E-state index contributed by atoms with van der Waals surface area (Å²) in [7, 11) is 2.95. The maximum absolute atomic E-state index is 11.6. The summed E-state index contributed by atoms with van der Waals surface area (Å²) >= 11 is 1.48. The molecule has 0 aliphatic heterocycles. The Bertz CT molecular complexity index is 809. The lowest BCUT2D eigenvalue weighted by Crippen LogP contribution is -2.02. The first-order chi connectivity index (χ1) is 10.7. The molecule has 22 heavy (non-hydrogen) atoms. The maximum atomic E-state index is 11.6. The Morgan fingerprint density at radius 3 is 3.00 bits per heavy atom. The van der Waals surface area contributed by atoms with Crippen LogP contribution in [0.1, 0.15) is 16.1 Å². The highest BCUT2D eigenvalue weighted by molar-refractivity contribution is 7.98. The van der Waals surface area contributed by atoms with Gasteiger partial charge in [0.2, 0.25) is 5.76 Å². The molecular formula is C15H14N2O4S. The molecule has 0 aliphatic carbocycles. The van der Waals surface area contributed by atoms with E-state index < -0.39 is 5.97 Å². The molecule has 1 N–H and O–H groups in total. The normalized spacial score (nSPS) is 10.8. The highest BCUT2D eigenvalue weighted by Gasteiger charge is 2.16. The van der Waals surface area contributed by atoms with Crippen molar-refractivity contribution >= 4 is 28.8 Å². The maximum Gasteiger partial charge on any atom is 0.374 e. The number of hydrogen-bond acceptors (Lipinski definition) is 6. The van der Waals surface area contributed by atoms with Gasteiger partial charge in [-0.25, -0.2) is 9.78 Å². The van der Waals surface area contributed by atoms with Crippen molar-refractivity contribution in [2.75, 3.05) is 14.2 Å². The molecule has 2 heterocycles. The quantitative estimate of drug-likeness (QED) is 0.575. The summed E-state index contributed by atoms with van der Waals surface area (Å²) in [5.74, 6) is 1.08. The van der Waals surface area contributed by atoms with E-state index in [1.807, 2.05) is 18.2 Å². The van der Waals surface area contributed by atoms with Crippen molar-refractivity contribution in [1.29, 1.82) is 0 Å². The van der Waals surface area contributed by atoms with Crippen molar-refractivity contribution < 1.29 is 18.7 Å². The van der Waals surface area contributed by atoms with Crippen molar-refractivity contribution in [2.45, 2.75) is 10.9 Å². The number of aromatic amines is 1. The van der Waals surface area contributed by atoms with Gasteiger partial charge in [-0.1, -0.05) is 11.8 Å². The number of methoxy groups -OCH3 is 2. The van der Waals surface area contributed by atoms with E-state index in [-0.39, 0.29) is 5.76 Å². The Morgan fingerprint density at radius 2 is 2.23 bits per heavy atom. The van der Waals surface area contributed by atoms with Crippen molar-refractivity contribution in [3.05, 3.63) is 41.9 Å². The SMILES string of the molecule is COC(=O)c1occc1CSc1nc2ccc(OC)cc2[nH]1. The van der Waals surface area contributed by atoms with Crippen LogP contribution in [0.3, 0.4) is 0 Å². The first-order valence-corrected chi connectivity index (χ1v) is 7.51. The van der Waals surface area contributed by atoms with Crippen molar-refractivity contribution in [2.24, 2.45) is 0 Å². The molecule has 0 aliphatic rings. The molecule has 3 aromatic rings. The Kier molecular flexibility index (Phi) is 4.06. The van der Waals surface area contributed by atoms with Crippen molar-refractivity contribution in [1.82, 2.24) is 9.97 Å². The molecule has 0 saturated carbocycles. The molecule has 1 aromatic carbocycles. The van der Waals surface area contributed by atoms with Gasteiger partial charge in [-0.15, -0.1) is 0 Å². The van der Waals surface area contributed by atoms with Gasteiger partial charge < -0.3 is 18.9 Å². The Hall–Kier alpha value is -2.41. The van der Waals surface area contributed by atoms with Gasteiger partial charge in [0.15, 0.2) is 5.16 Å². The number of fused-ring (bicyclic) bond motifs is 1. The Balaban J connectivity index is 1.77. The summed E-state index contributed by atoms with van der Waals surface area (Å²) in [6.45, 7) is 0. The number of hydrogen-bond donors (Lipinski definition) is 1. The van der Waals surface area contributed by atoms with Crippen LogP contribution in [0.15, 0.2) is 40.1 Å².